The van der Waals surface area contributed by atoms with E-state index in [4.69, 9.17) is 0 Å². The molecule has 0 aliphatic heterocycles. The Morgan fingerprint density at radius 1 is 1.35 bits per heavy atom. The fourth-order valence-corrected chi connectivity index (χ4v) is 2.82. The van der Waals surface area contributed by atoms with Gasteiger partial charge in [-0.1, -0.05) is 25.3 Å². The number of rotatable bonds is 3. The third-order valence-electron chi connectivity index (χ3n) is 4.01. The first kappa shape index (κ1) is 13.1. The lowest BCUT2D eigenvalue weighted by Gasteiger charge is -2.32. The van der Waals surface area contributed by atoms with Crippen molar-refractivity contribution >= 4 is 11.6 Å². The molecule has 1 fully saturated rings. The van der Waals surface area contributed by atoms with Crippen LogP contribution in [0.3, 0.4) is 0 Å². The minimum Gasteiger partial charge on any atom is -0.388 e. The zero-order valence-corrected chi connectivity index (χ0v) is 11.4. The molecule has 2 N–H and O–H groups in total. The van der Waals surface area contributed by atoms with E-state index in [1.165, 1.54) is 6.42 Å². The highest BCUT2D eigenvalue weighted by Crippen LogP contribution is 2.27. The number of carbonyl (C=O) groups is 1. The maximum atomic E-state index is 12.2. The molecule has 0 bridgehead atoms. The molecule has 106 valence electrons. The Morgan fingerprint density at radius 3 is 2.95 bits per heavy atom. The highest BCUT2D eigenvalue weighted by molar-refractivity contribution is 5.93. The number of hydrogen-bond donors (Lipinski definition) is 2. The Kier molecular flexibility index (Phi) is 3.44. The number of fused-ring (bicyclic) bond motifs is 1. The van der Waals surface area contributed by atoms with Crippen molar-refractivity contribution in [1.29, 1.82) is 0 Å². The summed E-state index contributed by atoms with van der Waals surface area (Å²) in [4.78, 5) is 16.4. The number of aromatic nitrogens is 2. The van der Waals surface area contributed by atoms with E-state index in [1.807, 2.05) is 24.4 Å². The van der Waals surface area contributed by atoms with E-state index < -0.39 is 5.60 Å². The van der Waals surface area contributed by atoms with Crippen LogP contribution in [-0.2, 0) is 0 Å². The Bertz CT molecular complexity index is 614. The predicted molar refractivity (Wildman–Crippen MR) is 75.6 cm³/mol. The van der Waals surface area contributed by atoms with Gasteiger partial charge < -0.3 is 10.4 Å². The van der Waals surface area contributed by atoms with Crippen molar-refractivity contribution in [3.8, 4) is 0 Å². The first-order valence-electron chi connectivity index (χ1n) is 7.11. The average molecular weight is 273 g/mol. The SMILES string of the molecule is O=C(NCC1(O)CCCCC1)c1cnc2ccccn12. The summed E-state index contributed by atoms with van der Waals surface area (Å²) < 4.78 is 1.75. The van der Waals surface area contributed by atoms with Gasteiger partial charge >= 0.3 is 0 Å². The van der Waals surface area contributed by atoms with E-state index in [-0.39, 0.29) is 5.91 Å². The molecule has 0 aromatic carbocycles. The molecule has 5 heteroatoms. The van der Waals surface area contributed by atoms with E-state index in [9.17, 15) is 9.90 Å². The molecule has 1 aliphatic rings. The second-order valence-electron chi connectivity index (χ2n) is 5.54. The molecule has 5 nitrogen and oxygen atoms in total. The number of nitrogens with zero attached hydrogens (tertiary/aromatic N) is 2. The van der Waals surface area contributed by atoms with Crippen molar-refractivity contribution in [3.05, 3.63) is 36.3 Å². The van der Waals surface area contributed by atoms with Crippen LogP contribution in [0.25, 0.3) is 5.65 Å². The molecule has 2 aromatic rings. The van der Waals surface area contributed by atoms with Crippen molar-refractivity contribution in [1.82, 2.24) is 14.7 Å². The van der Waals surface area contributed by atoms with E-state index in [0.29, 0.717) is 12.2 Å². The summed E-state index contributed by atoms with van der Waals surface area (Å²) >= 11 is 0. The van der Waals surface area contributed by atoms with Crippen LogP contribution in [0, 0.1) is 0 Å². The molecule has 2 heterocycles. The fourth-order valence-electron chi connectivity index (χ4n) is 2.82. The molecule has 0 spiro atoms. The molecular weight excluding hydrogens is 254 g/mol. The number of nitrogens with one attached hydrogen (secondary N) is 1. The molecule has 20 heavy (non-hydrogen) atoms. The second kappa shape index (κ2) is 5.25. The lowest BCUT2D eigenvalue weighted by atomic mass is 9.85. The normalized spacial score (nSPS) is 18.1. The quantitative estimate of drug-likeness (QED) is 0.895. The van der Waals surface area contributed by atoms with Crippen molar-refractivity contribution in [2.45, 2.75) is 37.7 Å². The summed E-state index contributed by atoms with van der Waals surface area (Å²) in [7, 11) is 0. The van der Waals surface area contributed by atoms with Gasteiger partial charge in [0.05, 0.1) is 11.8 Å². The highest BCUT2D eigenvalue weighted by atomic mass is 16.3. The van der Waals surface area contributed by atoms with Gasteiger partial charge in [0, 0.05) is 12.7 Å². The summed E-state index contributed by atoms with van der Waals surface area (Å²) in [6.07, 6.45) is 8.14. The summed E-state index contributed by atoms with van der Waals surface area (Å²) in [5.41, 5.74) is 0.503. The molecule has 0 saturated heterocycles. The first-order valence-corrected chi connectivity index (χ1v) is 7.11. The Hall–Kier alpha value is -1.88. The van der Waals surface area contributed by atoms with Gasteiger partial charge in [-0.05, 0) is 25.0 Å². The molecule has 0 unspecified atom stereocenters. The minimum absolute atomic E-state index is 0.192. The number of pyridine rings is 1. The van der Waals surface area contributed by atoms with Crippen LogP contribution in [0.2, 0.25) is 0 Å². The summed E-state index contributed by atoms with van der Waals surface area (Å²) in [6.45, 7) is 0.311. The van der Waals surface area contributed by atoms with Gasteiger partial charge in [-0.15, -0.1) is 0 Å². The van der Waals surface area contributed by atoms with Crippen molar-refractivity contribution in [2.24, 2.45) is 0 Å². The second-order valence-corrected chi connectivity index (χ2v) is 5.54. The Balaban J connectivity index is 1.70. The first-order chi connectivity index (χ1) is 9.68. The topological polar surface area (TPSA) is 66.6 Å². The van der Waals surface area contributed by atoms with E-state index >= 15 is 0 Å². The van der Waals surface area contributed by atoms with E-state index in [0.717, 1.165) is 31.3 Å². The van der Waals surface area contributed by atoms with Gasteiger partial charge in [0.1, 0.15) is 11.3 Å². The third kappa shape index (κ3) is 2.54. The lowest BCUT2D eigenvalue weighted by molar-refractivity contribution is 0.00520. The van der Waals surface area contributed by atoms with Gasteiger partial charge in [0.2, 0.25) is 0 Å². The molecule has 2 aromatic heterocycles. The number of carbonyl (C=O) groups excluding carboxylic acids is 1. The van der Waals surface area contributed by atoms with Gasteiger partial charge in [-0.25, -0.2) is 4.98 Å². The summed E-state index contributed by atoms with van der Waals surface area (Å²) in [5, 5.41) is 13.2. The van der Waals surface area contributed by atoms with Crippen LogP contribution in [0.15, 0.2) is 30.6 Å². The number of hydrogen-bond acceptors (Lipinski definition) is 3. The largest absolute Gasteiger partial charge is 0.388 e. The zero-order valence-electron chi connectivity index (χ0n) is 11.4. The average Bonchev–Trinajstić information content (AvgIpc) is 2.90. The van der Waals surface area contributed by atoms with Gasteiger partial charge in [-0.3, -0.25) is 9.20 Å². The number of aliphatic hydroxyl groups is 1. The third-order valence-corrected chi connectivity index (χ3v) is 4.01. The van der Waals surface area contributed by atoms with Crippen molar-refractivity contribution < 1.29 is 9.90 Å². The minimum atomic E-state index is -0.742. The zero-order chi connectivity index (χ0) is 14.0. The lowest BCUT2D eigenvalue weighted by Crippen LogP contribution is -2.44. The number of amides is 1. The monoisotopic (exact) mass is 273 g/mol. The summed E-state index contributed by atoms with van der Waals surface area (Å²) in [6, 6.07) is 5.60. The molecule has 1 aliphatic carbocycles. The van der Waals surface area contributed by atoms with Gasteiger partial charge in [0.25, 0.3) is 5.91 Å². The molecule has 0 atom stereocenters. The highest BCUT2D eigenvalue weighted by Gasteiger charge is 2.29. The van der Waals surface area contributed by atoms with Crippen molar-refractivity contribution in [2.75, 3.05) is 6.54 Å². The van der Waals surface area contributed by atoms with E-state index in [1.54, 1.807) is 10.6 Å². The fraction of sp³-hybridized carbons (Fsp3) is 0.467. The molecule has 1 saturated carbocycles. The number of imidazole rings is 1. The van der Waals surface area contributed by atoms with Crippen LogP contribution >= 0.6 is 0 Å². The standard InChI is InChI=1S/C15H19N3O2/c19-14(17-11-15(20)7-3-1-4-8-15)12-10-16-13-6-2-5-9-18(12)13/h2,5-6,9-10,20H,1,3-4,7-8,11H2,(H,17,19). The van der Waals surface area contributed by atoms with Crippen LogP contribution in [-0.4, -0.2) is 32.5 Å². The Morgan fingerprint density at radius 2 is 2.15 bits per heavy atom. The van der Waals surface area contributed by atoms with Crippen LogP contribution in [0.4, 0.5) is 0 Å². The van der Waals surface area contributed by atoms with Gasteiger partial charge in [0.15, 0.2) is 0 Å². The van der Waals surface area contributed by atoms with Crippen LogP contribution in [0.1, 0.15) is 42.6 Å². The molecular formula is C15H19N3O2. The maximum absolute atomic E-state index is 12.2. The molecule has 3 rings (SSSR count). The van der Waals surface area contributed by atoms with Crippen LogP contribution < -0.4 is 5.32 Å². The predicted octanol–water partition coefficient (Wildman–Crippen LogP) is 1.76. The van der Waals surface area contributed by atoms with Crippen LogP contribution in [0.5, 0.6) is 0 Å². The molecule has 0 radical (unpaired) electrons. The Labute approximate surface area is 117 Å². The van der Waals surface area contributed by atoms with E-state index in [2.05, 4.69) is 10.3 Å². The molecule has 1 amide bonds. The summed E-state index contributed by atoms with van der Waals surface area (Å²) in [5.74, 6) is -0.192. The maximum Gasteiger partial charge on any atom is 0.270 e. The van der Waals surface area contributed by atoms with Crippen molar-refractivity contribution in [3.63, 3.8) is 0 Å². The smallest absolute Gasteiger partial charge is 0.270 e. The van der Waals surface area contributed by atoms with Gasteiger partial charge in [-0.2, -0.15) is 0 Å².